The van der Waals surface area contributed by atoms with Crippen LogP contribution in [-0.4, -0.2) is 32.7 Å². The Bertz CT molecular complexity index is 1170. The Balaban J connectivity index is 1.37. The van der Waals surface area contributed by atoms with Gasteiger partial charge < -0.3 is 16.0 Å². The van der Waals surface area contributed by atoms with E-state index in [-0.39, 0.29) is 17.9 Å². The summed E-state index contributed by atoms with van der Waals surface area (Å²) in [6.07, 6.45) is 5.99. The van der Waals surface area contributed by atoms with Gasteiger partial charge in [0.25, 0.3) is 5.91 Å². The highest BCUT2D eigenvalue weighted by atomic mass is 35.5. The molecule has 3 aromatic rings. The van der Waals surface area contributed by atoms with Gasteiger partial charge in [-0.25, -0.2) is 4.98 Å². The van der Waals surface area contributed by atoms with Gasteiger partial charge in [0.05, 0.1) is 24.2 Å². The van der Waals surface area contributed by atoms with Crippen LogP contribution < -0.4 is 16.0 Å². The van der Waals surface area contributed by atoms with Crippen molar-refractivity contribution in [2.45, 2.75) is 50.2 Å². The maximum absolute atomic E-state index is 13.4. The second-order valence-electron chi connectivity index (χ2n) is 8.50. The fourth-order valence-electron chi connectivity index (χ4n) is 4.22. The Morgan fingerprint density at radius 2 is 2.03 bits per heavy atom. The Kier molecular flexibility index (Phi) is 7.40. The van der Waals surface area contributed by atoms with E-state index in [1.54, 1.807) is 6.07 Å². The Morgan fingerprint density at radius 1 is 1.26 bits per heavy atom. The monoisotopic (exact) mass is 481 g/mol. The number of aromatic nitrogens is 3. The zero-order valence-electron chi connectivity index (χ0n) is 18.4. The van der Waals surface area contributed by atoms with Crippen molar-refractivity contribution in [1.82, 2.24) is 25.8 Å². The fourth-order valence-corrected chi connectivity index (χ4v) is 4.35. The predicted molar refractivity (Wildman–Crippen MR) is 127 cm³/mol. The van der Waals surface area contributed by atoms with Gasteiger partial charge in [0.1, 0.15) is 11.4 Å². The minimum atomic E-state index is -0.634. The summed E-state index contributed by atoms with van der Waals surface area (Å²) in [5.74, 6) is -0.632. The summed E-state index contributed by atoms with van der Waals surface area (Å²) in [5, 5.41) is 26.4. The molecular formula is C24H25ClFN7O. The van der Waals surface area contributed by atoms with Gasteiger partial charge in [-0.1, -0.05) is 23.7 Å². The summed E-state index contributed by atoms with van der Waals surface area (Å²) in [6.45, 7) is 0.735. The van der Waals surface area contributed by atoms with Crippen molar-refractivity contribution in [1.29, 1.82) is 5.26 Å². The third-order valence-electron chi connectivity index (χ3n) is 6.13. The molecule has 0 radical (unpaired) electrons. The highest BCUT2D eigenvalue weighted by molar-refractivity contribution is 6.30. The number of carbonyl (C=O) groups excluding carboxylic acids is 1. The lowest BCUT2D eigenvalue weighted by Crippen LogP contribution is -2.52. The number of nitrogens with zero attached hydrogens (tertiary/aromatic N) is 3. The Morgan fingerprint density at radius 3 is 2.74 bits per heavy atom. The summed E-state index contributed by atoms with van der Waals surface area (Å²) in [7, 11) is 0. The van der Waals surface area contributed by atoms with E-state index in [1.807, 2.05) is 24.3 Å². The van der Waals surface area contributed by atoms with E-state index in [4.69, 9.17) is 11.6 Å². The number of amides is 1. The highest BCUT2D eigenvalue weighted by Crippen LogP contribution is 2.32. The van der Waals surface area contributed by atoms with E-state index >= 15 is 0 Å². The molecule has 4 N–H and O–H groups in total. The van der Waals surface area contributed by atoms with Crippen LogP contribution in [0.3, 0.4) is 0 Å². The lowest BCUT2D eigenvalue weighted by atomic mass is 9.77. The zero-order chi connectivity index (χ0) is 24.0. The van der Waals surface area contributed by atoms with Crippen LogP contribution in [0.5, 0.6) is 0 Å². The maximum atomic E-state index is 13.4. The molecule has 4 rings (SSSR count). The predicted octanol–water partition coefficient (Wildman–Crippen LogP) is 4.46. The van der Waals surface area contributed by atoms with E-state index in [9.17, 15) is 14.4 Å². The van der Waals surface area contributed by atoms with Crippen LogP contribution in [0.25, 0.3) is 0 Å². The van der Waals surface area contributed by atoms with Gasteiger partial charge in [-0.15, -0.1) is 0 Å². The van der Waals surface area contributed by atoms with E-state index in [2.05, 4.69) is 37.2 Å². The van der Waals surface area contributed by atoms with Gasteiger partial charge in [0.2, 0.25) is 5.95 Å². The van der Waals surface area contributed by atoms with Crippen molar-refractivity contribution in [2.75, 3.05) is 5.32 Å². The molecule has 8 nitrogen and oxygen atoms in total. The number of hydrogen-bond donors (Lipinski definition) is 4. The number of nitriles is 1. The van der Waals surface area contributed by atoms with Gasteiger partial charge in [0.15, 0.2) is 0 Å². The molecule has 1 saturated carbocycles. The van der Waals surface area contributed by atoms with Crippen LogP contribution in [0, 0.1) is 17.3 Å². The first-order chi connectivity index (χ1) is 16.5. The number of halogens is 2. The minimum Gasteiger partial charge on any atom is -0.345 e. The average Bonchev–Trinajstić information content (AvgIpc) is 3.28. The lowest BCUT2D eigenvalue weighted by Gasteiger charge is -2.39. The number of anilines is 2. The molecule has 0 unspecified atom stereocenters. The molecule has 10 heteroatoms. The molecule has 0 saturated heterocycles. The van der Waals surface area contributed by atoms with Gasteiger partial charge in [0, 0.05) is 35.6 Å². The van der Waals surface area contributed by atoms with Gasteiger partial charge in [-0.3, -0.25) is 9.89 Å². The van der Waals surface area contributed by atoms with Gasteiger partial charge >= 0.3 is 0 Å². The van der Waals surface area contributed by atoms with Gasteiger partial charge in [-0.05, 0) is 49.4 Å². The van der Waals surface area contributed by atoms with Crippen molar-refractivity contribution >= 4 is 29.0 Å². The maximum Gasteiger partial charge on any atom is 0.257 e. The first kappa shape index (κ1) is 23.7. The van der Waals surface area contributed by atoms with Gasteiger partial charge in [-0.2, -0.15) is 14.8 Å². The second kappa shape index (κ2) is 10.6. The van der Waals surface area contributed by atoms with Crippen LogP contribution in [-0.2, 0) is 6.54 Å². The lowest BCUT2D eigenvalue weighted by molar-refractivity contribution is 0.0861. The van der Waals surface area contributed by atoms with E-state index < -0.39 is 11.5 Å². The Hall–Kier alpha value is -3.48. The molecule has 1 aliphatic rings. The number of hydrogen-bond acceptors (Lipinski definition) is 6. The van der Waals surface area contributed by atoms with Crippen molar-refractivity contribution in [2.24, 2.45) is 0 Å². The summed E-state index contributed by atoms with van der Waals surface area (Å²) >= 11 is 5.95. The minimum absolute atomic E-state index is 0.221. The quantitative estimate of drug-likeness (QED) is 0.353. The van der Waals surface area contributed by atoms with Crippen molar-refractivity contribution in [3.05, 3.63) is 70.9 Å². The molecule has 0 bridgehead atoms. The molecule has 34 heavy (non-hydrogen) atoms. The second-order valence-corrected chi connectivity index (χ2v) is 8.94. The Labute approximate surface area is 201 Å². The molecule has 0 spiro atoms. The number of carbonyl (C=O) groups is 1. The third-order valence-corrected chi connectivity index (χ3v) is 6.38. The number of H-pyrrole nitrogens is 1. The SMILES string of the molecule is N#CCC1(NC(=O)c2cn[nH]c2Nc2ccnc(F)c2)CCC(NCc2ccc(Cl)cc2)CC1. The number of aromatic amines is 1. The molecule has 1 fully saturated rings. The summed E-state index contributed by atoms with van der Waals surface area (Å²) in [6, 6.07) is 13.1. The third kappa shape index (κ3) is 5.90. The number of nitrogens with one attached hydrogen (secondary N) is 4. The summed E-state index contributed by atoms with van der Waals surface area (Å²) < 4.78 is 13.4. The van der Waals surface area contributed by atoms with Crippen LogP contribution in [0.1, 0.15) is 48.0 Å². The van der Waals surface area contributed by atoms with E-state index in [1.165, 1.54) is 18.5 Å². The average molecular weight is 482 g/mol. The van der Waals surface area contributed by atoms with Crippen molar-refractivity contribution in [3.8, 4) is 6.07 Å². The van der Waals surface area contributed by atoms with Crippen LogP contribution in [0.15, 0.2) is 48.8 Å². The van der Waals surface area contributed by atoms with E-state index in [0.717, 1.165) is 24.9 Å². The standard InChI is InChI=1S/C24H25ClFN7O/c25-17-3-1-16(2-4-17)14-29-18-5-8-24(9-6-18,10-11-27)32-23(34)20-15-30-33-22(20)31-19-7-12-28-21(26)13-19/h1-4,7,12-13,15,18,29H,5-6,8-10,14H2,(H,32,34)(H2,28,30,31,33). The van der Waals surface area contributed by atoms with Crippen molar-refractivity contribution in [3.63, 3.8) is 0 Å². The fraction of sp³-hybridized carbons (Fsp3) is 0.333. The van der Waals surface area contributed by atoms with Crippen LogP contribution in [0.4, 0.5) is 15.9 Å². The van der Waals surface area contributed by atoms with Crippen molar-refractivity contribution < 1.29 is 9.18 Å². The highest BCUT2D eigenvalue weighted by Gasteiger charge is 2.37. The van der Waals surface area contributed by atoms with E-state index in [0.29, 0.717) is 35.4 Å². The molecule has 2 aromatic heterocycles. The van der Waals surface area contributed by atoms with Crippen LogP contribution in [0.2, 0.25) is 5.02 Å². The molecule has 0 aliphatic heterocycles. The number of pyridine rings is 1. The van der Waals surface area contributed by atoms with Crippen LogP contribution >= 0.6 is 11.6 Å². The number of benzene rings is 1. The summed E-state index contributed by atoms with van der Waals surface area (Å²) in [5.41, 5.74) is 1.27. The zero-order valence-corrected chi connectivity index (χ0v) is 19.2. The first-order valence-electron chi connectivity index (χ1n) is 11.1. The molecular weight excluding hydrogens is 457 g/mol. The molecule has 0 atom stereocenters. The molecule has 1 amide bonds. The number of rotatable bonds is 8. The smallest absolute Gasteiger partial charge is 0.257 e. The topological polar surface area (TPSA) is 119 Å². The largest absolute Gasteiger partial charge is 0.345 e. The molecule has 1 aromatic carbocycles. The normalized spacial score (nSPS) is 19.9. The summed E-state index contributed by atoms with van der Waals surface area (Å²) in [4.78, 5) is 16.6. The first-order valence-corrected chi connectivity index (χ1v) is 11.4. The molecule has 1 aliphatic carbocycles. The molecule has 2 heterocycles. The molecule has 176 valence electrons.